The second-order valence-electron chi connectivity index (χ2n) is 11.1. The summed E-state index contributed by atoms with van der Waals surface area (Å²) in [6.07, 6.45) is 4.46. The van der Waals surface area contributed by atoms with Gasteiger partial charge in [0.1, 0.15) is 11.6 Å². The van der Waals surface area contributed by atoms with Gasteiger partial charge in [0, 0.05) is 37.3 Å². The van der Waals surface area contributed by atoms with Crippen molar-refractivity contribution in [1.82, 2.24) is 0 Å². The summed E-state index contributed by atoms with van der Waals surface area (Å²) in [7, 11) is 5.10. The van der Waals surface area contributed by atoms with E-state index in [4.69, 9.17) is 0 Å². The van der Waals surface area contributed by atoms with Crippen molar-refractivity contribution >= 4 is 29.3 Å². The van der Waals surface area contributed by atoms with E-state index in [1.165, 1.54) is 37.5 Å². The van der Waals surface area contributed by atoms with Crippen LogP contribution in [0.5, 0.6) is 0 Å². The van der Waals surface area contributed by atoms with Crippen LogP contribution in [0.3, 0.4) is 0 Å². The van der Waals surface area contributed by atoms with Crippen LogP contribution in [0.4, 0.5) is 20.2 Å². The first kappa shape index (κ1) is 28.5. The average Bonchev–Trinajstić information content (AvgIpc) is 3.60. The maximum atomic E-state index is 15.6. The van der Waals surface area contributed by atoms with Crippen LogP contribution < -0.4 is 9.80 Å². The summed E-state index contributed by atoms with van der Waals surface area (Å²) >= 11 is 0. The summed E-state index contributed by atoms with van der Waals surface area (Å²) in [4.78, 5) is 28.7. The van der Waals surface area contributed by atoms with Gasteiger partial charge in [-0.1, -0.05) is 30.7 Å². The summed E-state index contributed by atoms with van der Waals surface area (Å²) in [5.41, 5.74) is 2.71. The van der Waals surface area contributed by atoms with E-state index in [0.29, 0.717) is 23.5 Å². The lowest BCUT2D eigenvalue weighted by Gasteiger charge is -2.33. The highest BCUT2D eigenvalue weighted by Gasteiger charge is 2.46. The Labute approximate surface area is 238 Å². The highest BCUT2D eigenvalue weighted by atomic mass is 19.1. The molecular weight excluding hydrogens is 526 g/mol. The standard InChI is InChI=1S/C33H34F2N2O4/c1-36(2)26-10-7-22(8-11-26)23-9-12-28(30(35)18-23)32(39)37(33(40)29-17-20-4-6-24(29)14-20)27-16-21(15-25(34)19-27)5-13-31(38)41-3/h5,7-13,15-16,18-20,24,29,32,39H,4,6,14,17H2,1-3H3/b13-5+. The Morgan fingerprint density at radius 2 is 1.68 bits per heavy atom. The molecule has 4 atom stereocenters. The van der Waals surface area contributed by atoms with Crippen LogP contribution in [0, 0.1) is 29.4 Å². The summed E-state index contributed by atoms with van der Waals surface area (Å²) in [5.74, 6) is -2.02. The van der Waals surface area contributed by atoms with Crippen molar-refractivity contribution in [3.8, 4) is 11.1 Å². The fourth-order valence-corrected chi connectivity index (χ4v) is 6.19. The Kier molecular flexibility index (Phi) is 8.22. The van der Waals surface area contributed by atoms with Gasteiger partial charge in [0.2, 0.25) is 5.91 Å². The smallest absolute Gasteiger partial charge is 0.330 e. The number of hydrogen-bond donors (Lipinski definition) is 1. The van der Waals surface area contributed by atoms with Crippen molar-refractivity contribution in [2.24, 2.45) is 17.8 Å². The van der Waals surface area contributed by atoms with Crippen LogP contribution in [0.2, 0.25) is 0 Å². The number of hydrogen-bond acceptors (Lipinski definition) is 5. The Balaban J connectivity index is 1.51. The van der Waals surface area contributed by atoms with E-state index in [9.17, 15) is 19.1 Å². The molecule has 3 aromatic carbocycles. The van der Waals surface area contributed by atoms with Gasteiger partial charge < -0.3 is 14.7 Å². The lowest BCUT2D eigenvalue weighted by Crippen LogP contribution is -2.41. The molecule has 6 nitrogen and oxygen atoms in total. The van der Waals surface area contributed by atoms with Crippen molar-refractivity contribution in [3.05, 3.63) is 89.5 Å². The number of aliphatic hydroxyl groups is 1. The van der Waals surface area contributed by atoms with E-state index in [0.717, 1.165) is 47.6 Å². The van der Waals surface area contributed by atoms with Crippen molar-refractivity contribution in [2.45, 2.75) is 31.9 Å². The molecule has 4 unspecified atom stereocenters. The van der Waals surface area contributed by atoms with Gasteiger partial charge >= 0.3 is 5.97 Å². The molecule has 5 rings (SSSR count). The third kappa shape index (κ3) is 6.03. The number of methoxy groups -OCH3 is 1. The van der Waals surface area contributed by atoms with Crippen molar-refractivity contribution in [1.29, 1.82) is 0 Å². The van der Waals surface area contributed by atoms with Gasteiger partial charge in [-0.15, -0.1) is 0 Å². The van der Waals surface area contributed by atoms with E-state index >= 15 is 4.39 Å². The Hall–Kier alpha value is -4.04. The predicted molar refractivity (Wildman–Crippen MR) is 155 cm³/mol. The normalized spacial score (nSPS) is 20.3. The molecule has 1 amide bonds. The second kappa shape index (κ2) is 11.8. The number of benzene rings is 3. The molecule has 8 heteroatoms. The number of carbonyl (C=O) groups is 2. The molecule has 0 radical (unpaired) electrons. The molecule has 2 fully saturated rings. The number of halogens is 2. The molecule has 0 saturated heterocycles. The van der Waals surface area contributed by atoms with Gasteiger partial charge in [0.15, 0.2) is 6.23 Å². The molecule has 41 heavy (non-hydrogen) atoms. The molecule has 0 heterocycles. The zero-order valence-electron chi connectivity index (χ0n) is 23.4. The maximum absolute atomic E-state index is 15.6. The van der Waals surface area contributed by atoms with E-state index in [2.05, 4.69) is 4.74 Å². The SMILES string of the molecule is COC(=O)/C=C/c1cc(F)cc(N(C(=O)C2CC3CCC2C3)C(O)c2ccc(-c3ccc(N(C)C)cc3)cc2F)c1. The van der Waals surface area contributed by atoms with E-state index in [1.54, 1.807) is 6.07 Å². The van der Waals surface area contributed by atoms with Gasteiger partial charge in [-0.05, 0) is 90.3 Å². The monoisotopic (exact) mass is 560 g/mol. The van der Waals surface area contributed by atoms with E-state index < -0.39 is 23.8 Å². The fraction of sp³-hybridized carbons (Fsp3) is 0.333. The summed E-state index contributed by atoms with van der Waals surface area (Å²) < 4.78 is 35.0. The van der Waals surface area contributed by atoms with Gasteiger partial charge in [0.05, 0.1) is 12.8 Å². The first-order valence-electron chi connectivity index (χ1n) is 13.8. The van der Waals surface area contributed by atoms with Crippen LogP contribution >= 0.6 is 0 Å². The van der Waals surface area contributed by atoms with Gasteiger partial charge in [0.25, 0.3) is 0 Å². The van der Waals surface area contributed by atoms with Crippen LogP contribution in [0.1, 0.15) is 43.0 Å². The number of amides is 1. The second-order valence-corrected chi connectivity index (χ2v) is 11.1. The fourth-order valence-electron chi connectivity index (χ4n) is 6.19. The number of nitrogens with zero attached hydrogens (tertiary/aromatic N) is 2. The van der Waals surface area contributed by atoms with E-state index in [-0.39, 0.29) is 29.0 Å². The molecule has 0 spiro atoms. The summed E-state index contributed by atoms with van der Waals surface area (Å²) in [6.45, 7) is 0. The predicted octanol–water partition coefficient (Wildman–Crippen LogP) is 6.34. The van der Waals surface area contributed by atoms with Crippen LogP contribution in [-0.4, -0.2) is 38.2 Å². The number of anilines is 2. The zero-order valence-corrected chi connectivity index (χ0v) is 23.4. The topological polar surface area (TPSA) is 70.1 Å². The number of aliphatic hydroxyl groups excluding tert-OH is 1. The average molecular weight is 561 g/mol. The van der Waals surface area contributed by atoms with Crippen molar-refractivity contribution in [3.63, 3.8) is 0 Å². The molecule has 3 aromatic rings. The van der Waals surface area contributed by atoms with Gasteiger partial charge in [-0.2, -0.15) is 0 Å². The minimum Gasteiger partial charge on any atom is -0.466 e. The van der Waals surface area contributed by atoms with E-state index in [1.807, 2.05) is 43.3 Å². The molecule has 214 valence electrons. The Bertz CT molecular complexity index is 1470. The van der Waals surface area contributed by atoms with Gasteiger partial charge in [-0.3, -0.25) is 9.69 Å². The molecule has 1 N–H and O–H groups in total. The first-order valence-corrected chi connectivity index (χ1v) is 13.8. The highest BCUT2D eigenvalue weighted by Crippen LogP contribution is 2.50. The molecule has 0 aliphatic heterocycles. The lowest BCUT2D eigenvalue weighted by molar-refractivity contribution is -0.134. The number of rotatable bonds is 8. The van der Waals surface area contributed by atoms with Crippen molar-refractivity contribution in [2.75, 3.05) is 31.0 Å². The minimum absolute atomic E-state index is 0.0811. The van der Waals surface area contributed by atoms with Gasteiger partial charge in [-0.25, -0.2) is 13.6 Å². The number of ether oxygens (including phenoxy) is 1. The molecule has 2 aliphatic rings. The Morgan fingerprint density at radius 3 is 2.29 bits per heavy atom. The number of fused-ring (bicyclic) bond motifs is 2. The number of carbonyl (C=O) groups excluding carboxylic acids is 2. The summed E-state index contributed by atoms with van der Waals surface area (Å²) in [6, 6.07) is 16.0. The third-order valence-electron chi connectivity index (χ3n) is 8.33. The van der Waals surface area contributed by atoms with Crippen LogP contribution in [0.15, 0.2) is 66.7 Å². The molecular formula is C33H34F2N2O4. The Morgan fingerprint density at radius 1 is 0.951 bits per heavy atom. The molecule has 2 saturated carbocycles. The minimum atomic E-state index is -1.69. The lowest BCUT2D eigenvalue weighted by atomic mass is 9.87. The molecule has 0 aromatic heterocycles. The van der Waals surface area contributed by atoms with Crippen LogP contribution in [-0.2, 0) is 14.3 Å². The zero-order chi connectivity index (χ0) is 29.3. The quantitative estimate of drug-likeness (QED) is 0.198. The highest BCUT2D eigenvalue weighted by molar-refractivity contribution is 5.96. The maximum Gasteiger partial charge on any atom is 0.330 e. The molecule has 2 bridgehead atoms. The molecule has 2 aliphatic carbocycles. The third-order valence-corrected chi connectivity index (χ3v) is 8.33. The van der Waals surface area contributed by atoms with Crippen molar-refractivity contribution < 1.29 is 28.2 Å². The number of esters is 1. The largest absolute Gasteiger partial charge is 0.466 e. The van der Waals surface area contributed by atoms with Crippen LogP contribution in [0.25, 0.3) is 17.2 Å². The first-order chi connectivity index (χ1) is 19.6. The summed E-state index contributed by atoms with van der Waals surface area (Å²) in [5, 5.41) is 11.6.